The van der Waals surface area contributed by atoms with Gasteiger partial charge in [-0.05, 0) is 64.4 Å². The van der Waals surface area contributed by atoms with E-state index in [4.69, 9.17) is 0 Å². The zero-order chi connectivity index (χ0) is 19.7. The van der Waals surface area contributed by atoms with Gasteiger partial charge in [0, 0.05) is 18.7 Å². The van der Waals surface area contributed by atoms with Crippen molar-refractivity contribution in [2.45, 2.75) is 32.7 Å². The van der Waals surface area contributed by atoms with Crippen molar-refractivity contribution < 1.29 is 9.90 Å². The Kier molecular flexibility index (Phi) is 4.91. The van der Waals surface area contributed by atoms with Crippen LogP contribution in [0.3, 0.4) is 0 Å². The minimum atomic E-state index is 0.0560. The summed E-state index contributed by atoms with van der Waals surface area (Å²) < 4.78 is 0. The number of hydrogen-bond donors (Lipinski definition) is 1. The highest BCUT2D eigenvalue weighted by Gasteiger charge is 2.22. The van der Waals surface area contributed by atoms with Crippen LogP contribution in [0.25, 0.3) is 11.1 Å². The summed E-state index contributed by atoms with van der Waals surface area (Å²) >= 11 is 0. The lowest BCUT2D eigenvalue weighted by atomic mass is 9.97. The predicted octanol–water partition coefficient (Wildman–Crippen LogP) is 5.38. The predicted molar refractivity (Wildman–Crippen MR) is 113 cm³/mol. The van der Waals surface area contributed by atoms with Crippen molar-refractivity contribution >= 4 is 5.91 Å². The summed E-state index contributed by atoms with van der Waals surface area (Å²) in [6, 6.07) is 21.9. The normalized spacial score (nSPS) is 13.5. The average molecular weight is 371 g/mol. The number of aromatic hydroxyl groups is 1. The zero-order valence-electron chi connectivity index (χ0n) is 16.4. The van der Waals surface area contributed by atoms with Gasteiger partial charge in [0.1, 0.15) is 5.75 Å². The summed E-state index contributed by atoms with van der Waals surface area (Å²) in [6.45, 7) is 5.65. The molecule has 4 rings (SSSR count). The fourth-order valence-corrected chi connectivity index (χ4v) is 3.76. The lowest BCUT2D eigenvalue weighted by Gasteiger charge is -2.29. The van der Waals surface area contributed by atoms with Crippen molar-refractivity contribution in [1.82, 2.24) is 4.90 Å². The van der Waals surface area contributed by atoms with Crippen LogP contribution in [0.2, 0.25) is 0 Å². The summed E-state index contributed by atoms with van der Waals surface area (Å²) in [5.74, 6) is 0.865. The molecule has 0 bridgehead atoms. The van der Waals surface area contributed by atoms with E-state index in [-0.39, 0.29) is 11.7 Å². The molecule has 28 heavy (non-hydrogen) atoms. The number of rotatable bonds is 3. The van der Waals surface area contributed by atoms with Crippen molar-refractivity contribution in [3.05, 3.63) is 89.0 Å². The maximum absolute atomic E-state index is 12.9. The molecule has 3 nitrogen and oxygen atoms in total. The third kappa shape index (κ3) is 3.65. The van der Waals surface area contributed by atoms with E-state index in [0.29, 0.717) is 24.6 Å². The molecule has 3 aromatic carbocycles. The van der Waals surface area contributed by atoms with E-state index in [1.54, 1.807) is 12.1 Å². The molecule has 1 amide bonds. The van der Waals surface area contributed by atoms with Crippen molar-refractivity contribution in [2.75, 3.05) is 6.54 Å². The van der Waals surface area contributed by atoms with Gasteiger partial charge in [-0.15, -0.1) is 0 Å². The number of fused-ring (bicyclic) bond motifs is 1. The van der Waals surface area contributed by atoms with Crippen molar-refractivity contribution in [3.8, 4) is 16.9 Å². The number of amides is 1. The van der Waals surface area contributed by atoms with Crippen LogP contribution in [0.1, 0.15) is 46.8 Å². The molecule has 0 aromatic heterocycles. The molecule has 0 fully saturated rings. The van der Waals surface area contributed by atoms with E-state index in [1.807, 2.05) is 35.2 Å². The van der Waals surface area contributed by atoms with E-state index < -0.39 is 0 Å². The summed E-state index contributed by atoms with van der Waals surface area (Å²) in [5.41, 5.74) is 6.56. The zero-order valence-corrected chi connectivity index (χ0v) is 16.4. The summed E-state index contributed by atoms with van der Waals surface area (Å²) in [5, 5.41) is 9.62. The van der Waals surface area contributed by atoms with Crippen LogP contribution >= 0.6 is 0 Å². The second kappa shape index (κ2) is 7.51. The van der Waals surface area contributed by atoms with Gasteiger partial charge < -0.3 is 10.0 Å². The first-order valence-electron chi connectivity index (χ1n) is 9.82. The SMILES string of the molecule is CC(C)c1ccc(-c2ccc(C(=O)N3CCc4cc(O)ccc4C3)cc2)cc1. The topological polar surface area (TPSA) is 40.5 Å². The maximum atomic E-state index is 12.9. The first-order chi connectivity index (χ1) is 13.5. The molecule has 0 spiro atoms. The van der Waals surface area contributed by atoms with E-state index in [1.165, 1.54) is 5.56 Å². The molecule has 0 saturated heterocycles. The van der Waals surface area contributed by atoms with Crippen LogP contribution < -0.4 is 0 Å². The van der Waals surface area contributed by atoms with Crippen LogP contribution in [-0.2, 0) is 13.0 Å². The Balaban J connectivity index is 1.49. The van der Waals surface area contributed by atoms with Gasteiger partial charge in [0.25, 0.3) is 5.91 Å². The van der Waals surface area contributed by atoms with E-state index in [2.05, 4.69) is 38.1 Å². The average Bonchev–Trinajstić information content (AvgIpc) is 2.73. The minimum Gasteiger partial charge on any atom is -0.508 e. The van der Waals surface area contributed by atoms with Crippen LogP contribution in [-0.4, -0.2) is 22.5 Å². The van der Waals surface area contributed by atoms with Crippen molar-refractivity contribution in [3.63, 3.8) is 0 Å². The summed E-state index contributed by atoms with van der Waals surface area (Å²) in [4.78, 5) is 14.8. The van der Waals surface area contributed by atoms with Crippen molar-refractivity contribution in [1.29, 1.82) is 0 Å². The monoisotopic (exact) mass is 371 g/mol. The lowest BCUT2D eigenvalue weighted by molar-refractivity contribution is 0.0734. The van der Waals surface area contributed by atoms with Gasteiger partial charge >= 0.3 is 0 Å². The van der Waals surface area contributed by atoms with Crippen molar-refractivity contribution in [2.24, 2.45) is 0 Å². The molecule has 3 aromatic rings. The number of benzene rings is 3. The van der Waals surface area contributed by atoms with Gasteiger partial charge in [-0.1, -0.05) is 56.3 Å². The number of carbonyl (C=O) groups excluding carboxylic acids is 1. The maximum Gasteiger partial charge on any atom is 0.254 e. The Morgan fingerprint density at radius 3 is 2.18 bits per heavy atom. The number of phenols is 1. The molecule has 0 atom stereocenters. The standard InChI is InChI=1S/C25H25NO2/c1-17(2)18-3-5-19(6-4-18)20-7-9-21(10-8-20)25(28)26-14-13-22-15-24(27)12-11-23(22)16-26/h3-12,15,17,27H,13-14,16H2,1-2H3. The highest BCUT2D eigenvalue weighted by Crippen LogP contribution is 2.26. The largest absolute Gasteiger partial charge is 0.508 e. The fourth-order valence-electron chi connectivity index (χ4n) is 3.76. The van der Waals surface area contributed by atoms with Crippen LogP contribution in [0.4, 0.5) is 0 Å². The third-order valence-corrected chi connectivity index (χ3v) is 5.53. The molecule has 142 valence electrons. The molecule has 1 N–H and O–H groups in total. The van der Waals surface area contributed by atoms with E-state index >= 15 is 0 Å². The molecule has 1 aliphatic rings. The first-order valence-corrected chi connectivity index (χ1v) is 9.82. The molecule has 0 saturated carbocycles. The highest BCUT2D eigenvalue weighted by molar-refractivity contribution is 5.94. The second-order valence-electron chi connectivity index (χ2n) is 7.78. The molecule has 0 aliphatic carbocycles. The molecule has 3 heteroatoms. The smallest absolute Gasteiger partial charge is 0.254 e. The highest BCUT2D eigenvalue weighted by atomic mass is 16.3. The Bertz CT molecular complexity index is 988. The molecule has 0 unspecified atom stereocenters. The lowest BCUT2D eigenvalue weighted by Crippen LogP contribution is -2.35. The summed E-state index contributed by atoms with van der Waals surface area (Å²) in [7, 11) is 0. The molecule has 1 heterocycles. The Morgan fingerprint density at radius 1 is 0.893 bits per heavy atom. The number of nitrogens with zero attached hydrogens (tertiary/aromatic N) is 1. The van der Waals surface area contributed by atoms with Gasteiger partial charge in [0.15, 0.2) is 0 Å². The minimum absolute atomic E-state index is 0.0560. The number of phenolic OH excluding ortho intramolecular Hbond substituents is 1. The molecule has 1 aliphatic heterocycles. The fraction of sp³-hybridized carbons (Fsp3) is 0.240. The van der Waals surface area contributed by atoms with Gasteiger partial charge in [-0.2, -0.15) is 0 Å². The van der Waals surface area contributed by atoms with Gasteiger partial charge in [-0.3, -0.25) is 4.79 Å². The Hall–Kier alpha value is -3.07. The van der Waals surface area contributed by atoms with Crippen LogP contribution in [0, 0.1) is 0 Å². The van der Waals surface area contributed by atoms with Gasteiger partial charge in [0.05, 0.1) is 0 Å². The van der Waals surface area contributed by atoms with Crippen LogP contribution in [0.5, 0.6) is 5.75 Å². The third-order valence-electron chi connectivity index (χ3n) is 5.53. The van der Waals surface area contributed by atoms with E-state index in [9.17, 15) is 9.90 Å². The quantitative estimate of drug-likeness (QED) is 0.671. The second-order valence-corrected chi connectivity index (χ2v) is 7.78. The van der Waals surface area contributed by atoms with Gasteiger partial charge in [0.2, 0.25) is 0 Å². The Labute approximate surface area is 166 Å². The molecular weight excluding hydrogens is 346 g/mol. The molecular formula is C25H25NO2. The Morgan fingerprint density at radius 2 is 1.54 bits per heavy atom. The molecule has 0 radical (unpaired) electrons. The van der Waals surface area contributed by atoms with E-state index in [0.717, 1.165) is 28.7 Å². The van der Waals surface area contributed by atoms with Crippen LogP contribution in [0.15, 0.2) is 66.7 Å². The number of hydrogen-bond acceptors (Lipinski definition) is 2. The number of carbonyl (C=O) groups is 1. The summed E-state index contributed by atoms with van der Waals surface area (Å²) in [6.07, 6.45) is 0.774. The van der Waals surface area contributed by atoms with Gasteiger partial charge in [-0.25, -0.2) is 0 Å². The first kappa shape index (κ1) is 18.3.